The van der Waals surface area contributed by atoms with Gasteiger partial charge in [-0.05, 0) is 6.08 Å². The SMILES string of the molecule is O=C(O)C(=CC(Cl)(Cl)Cl)CCl. The van der Waals surface area contributed by atoms with Crippen molar-refractivity contribution in [2.24, 2.45) is 0 Å². The Morgan fingerprint density at radius 3 is 2.00 bits per heavy atom. The molecule has 0 aromatic rings. The highest BCUT2D eigenvalue weighted by Crippen LogP contribution is 2.29. The van der Waals surface area contributed by atoms with Crippen molar-refractivity contribution in [1.82, 2.24) is 0 Å². The topological polar surface area (TPSA) is 37.3 Å². The van der Waals surface area contributed by atoms with Crippen molar-refractivity contribution in [3.05, 3.63) is 11.6 Å². The zero-order chi connectivity index (χ0) is 9.07. The number of rotatable bonds is 2. The van der Waals surface area contributed by atoms with Crippen LogP contribution in [0.15, 0.2) is 11.6 Å². The molecule has 0 aliphatic rings. The normalized spacial score (nSPS) is 13.3. The number of carbonyl (C=O) groups is 1. The first-order valence-corrected chi connectivity index (χ1v) is 4.11. The van der Waals surface area contributed by atoms with Gasteiger partial charge >= 0.3 is 5.97 Å². The van der Waals surface area contributed by atoms with Crippen LogP contribution < -0.4 is 0 Å². The lowest BCUT2D eigenvalue weighted by atomic mass is 10.3. The monoisotopic (exact) mass is 236 g/mol. The molecule has 0 bridgehead atoms. The molecule has 0 radical (unpaired) electrons. The van der Waals surface area contributed by atoms with Crippen LogP contribution in [0.1, 0.15) is 0 Å². The van der Waals surface area contributed by atoms with Gasteiger partial charge in [-0.2, -0.15) is 0 Å². The van der Waals surface area contributed by atoms with Crippen molar-refractivity contribution >= 4 is 52.4 Å². The first kappa shape index (κ1) is 11.4. The van der Waals surface area contributed by atoms with E-state index in [1.54, 1.807) is 0 Å². The van der Waals surface area contributed by atoms with Gasteiger partial charge in [0.2, 0.25) is 3.79 Å². The summed E-state index contributed by atoms with van der Waals surface area (Å²) in [5.74, 6) is -1.38. The molecule has 2 nitrogen and oxygen atoms in total. The Morgan fingerprint density at radius 2 is 1.91 bits per heavy atom. The zero-order valence-electron chi connectivity index (χ0n) is 5.15. The average molecular weight is 238 g/mol. The highest BCUT2D eigenvalue weighted by Gasteiger charge is 2.19. The number of halogens is 4. The summed E-state index contributed by atoms with van der Waals surface area (Å²) in [5, 5.41) is 8.41. The fourth-order valence-electron chi connectivity index (χ4n) is 0.355. The van der Waals surface area contributed by atoms with E-state index >= 15 is 0 Å². The van der Waals surface area contributed by atoms with Crippen LogP contribution in [0.4, 0.5) is 0 Å². The van der Waals surface area contributed by atoms with Crippen LogP contribution in [0.25, 0.3) is 0 Å². The summed E-state index contributed by atoms with van der Waals surface area (Å²) in [4.78, 5) is 10.3. The molecule has 0 unspecified atom stereocenters. The van der Waals surface area contributed by atoms with E-state index in [1.165, 1.54) is 0 Å². The molecular formula is C5H4Cl4O2. The largest absolute Gasteiger partial charge is 0.478 e. The van der Waals surface area contributed by atoms with Gasteiger partial charge in [0.1, 0.15) is 0 Å². The Labute approximate surface area is 83.7 Å². The summed E-state index contributed by atoms with van der Waals surface area (Å²) < 4.78 is -1.71. The molecule has 0 aromatic carbocycles. The van der Waals surface area contributed by atoms with E-state index in [0.29, 0.717) is 0 Å². The zero-order valence-corrected chi connectivity index (χ0v) is 8.18. The van der Waals surface area contributed by atoms with Crippen molar-refractivity contribution in [2.45, 2.75) is 3.79 Å². The summed E-state index contributed by atoms with van der Waals surface area (Å²) >= 11 is 21.1. The van der Waals surface area contributed by atoms with Gasteiger partial charge in [0.15, 0.2) is 0 Å². The van der Waals surface area contributed by atoms with E-state index < -0.39 is 9.76 Å². The van der Waals surface area contributed by atoms with Crippen LogP contribution in [0.2, 0.25) is 0 Å². The fourth-order valence-corrected chi connectivity index (χ4v) is 0.942. The summed E-state index contributed by atoms with van der Waals surface area (Å²) in [5.41, 5.74) is -0.133. The van der Waals surface area contributed by atoms with Gasteiger partial charge in [-0.3, -0.25) is 0 Å². The van der Waals surface area contributed by atoms with Crippen LogP contribution in [0.3, 0.4) is 0 Å². The van der Waals surface area contributed by atoms with Gasteiger partial charge < -0.3 is 5.11 Å². The maximum Gasteiger partial charge on any atom is 0.332 e. The molecule has 0 heterocycles. The number of carboxylic acid groups (broad SMARTS) is 1. The molecular weight excluding hydrogens is 234 g/mol. The minimum Gasteiger partial charge on any atom is -0.478 e. The van der Waals surface area contributed by atoms with Crippen LogP contribution in [-0.2, 0) is 4.79 Å². The molecule has 0 spiro atoms. The first-order valence-electron chi connectivity index (χ1n) is 2.44. The summed E-state index contributed by atoms with van der Waals surface area (Å²) in [6.07, 6.45) is 0.965. The molecule has 0 saturated heterocycles. The van der Waals surface area contributed by atoms with Gasteiger partial charge in [-0.1, -0.05) is 34.8 Å². The molecule has 0 saturated carbocycles. The van der Waals surface area contributed by atoms with Crippen molar-refractivity contribution in [1.29, 1.82) is 0 Å². The fraction of sp³-hybridized carbons (Fsp3) is 0.400. The molecule has 0 aliphatic carbocycles. The van der Waals surface area contributed by atoms with Crippen molar-refractivity contribution < 1.29 is 9.90 Å². The Bertz CT molecular complexity index is 181. The third kappa shape index (κ3) is 5.62. The van der Waals surface area contributed by atoms with Gasteiger partial charge in [0.25, 0.3) is 0 Å². The van der Waals surface area contributed by atoms with Crippen LogP contribution in [-0.4, -0.2) is 20.7 Å². The molecule has 0 amide bonds. The molecule has 11 heavy (non-hydrogen) atoms. The van der Waals surface area contributed by atoms with E-state index in [-0.39, 0.29) is 11.5 Å². The highest BCUT2D eigenvalue weighted by molar-refractivity contribution is 6.69. The molecule has 1 N–H and O–H groups in total. The highest BCUT2D eigenvalue weighted by atomic mass is 35.6. The third-order valence-electron chi connectivity index (χ3n) is 0.757. The maximum absolute atomic E-state index is 10.3. The van der Waals surface area contributed by atoms with Gasteiger partial charge in [0.05, 0.1) is 11.5 Å². The Hall–Kier alpha value is 0.370. The molecule has 64 valence electrons. The second-order valence-corrected chi connectivity index (χ2v) is 4.29. The lowest BCUT2D eigenvalue weighted by Gasteiger charge is -2.04. The predicted molar refractivity (Wildman–Crippen MR) is 46.7 cm³/mol. The van der Waals surface area contributed by atoms with Gasteiger partial charge in [-0.15, -0.1) is 11.6 Å². The van der Waals surface area contributed by atoms with Gasteiger partial charge in [-0.25, -0.2) is 4.79 Å². The smallest absolute Gasteiger partial charge is 0.332 e. The number of hydrogen-bond donors (Lipinski definition) is 1. The van der Waals surface area contributed by atoms with Crippen LogP contribution in [0, 0.1) is 0 Å². The van der Waals surface area contributed by atoms with Crippen molar-refractivity contribution in [3.63, 3.8) is 0 Å². The minimum absolute atomic E-state index is 0.133. The van der Waals surface area contributed by atoms with E-state index in [2.05, 4.69) is 0 Å². The minimum atomic E-state index is -1.71. The van der Waals surface area contributed by atoms with E-state index in [1.807, 2.05) is 0 Å². The first-order chi connectivity index (χ1) is 4.87. The van der Waals surface area contributed by atoms with E-state index in [4.69, 9.17) is 51.5 Å². The van der Waals surface area contributed by atoms with Crippen LogP contribution in [0.5, 0.6) is 0 Å². The molecule has 0 aliphatic heterocycles. The van der Waals surface area contributed by atoms with Gasteiger partial charge in [0, 0.05) is 0 Å². The number of alkyl halides is 4. The molecule has 0 fully saturated rings. The second kappa shape index (κ2) is 4.41. The maximum atomic E-state index is 10.3. The summed E-state index contributed by atoms with van der Waals surface area (Å²) in [7, 11) is 0. The molecule has 6 heteroatoms. The number of carboxylic acids is 1. The average Bonchev–Trinajstić information content (AvgIpc) is 1.80. The lowest BCUT2D eigenvalue weighted by Crippen LogP contribution is -2.07. The lowest BCUT2D eigenvalue weighted by molar-refractivity contribution is -0.132. The molecule has 0 rings (SSSR count). The number of hydrogen-bond acceptors (Lipinski definition) is 1. The predicted octanol–water partition coefficient (Wildman–Crippen LogP) is 2.61. The number of aliphatic carboxylic acids is 1. The Kier molecular flexibility index (Phi) is 4.56. The second-order valence-electron chi connectivity index (χ2n) is 1.65. The Morgan fingerprint density at radius 1 is 1.45 bits per heavy atom. The van der Waals surface area contributed by atoms with Crippen LogP contribution >= 0.6 is 46.4 Å². The molecule has 0 aromatic heterocycles. The van der Waals surface area contributed by atoms with Crippen molar-refractivity contribution in [3.8, 4) is 0 Å². The van der Waals surface area contributed by atoms with E-state index in [9.17, 15) is 4.79 Å². The Balaban J connectivity index is 4.49. The molecule has 0 atom stereocenters. The van der Waals surface area contributed by atoms with Crippen molar-refractivity contribution in [2.75, 3.05) is 5.88 Å². The third-order valence-corrected chi connectivity index (χ3v) is 1.37. The standard InChI is InChI=1S/C5H4Cl4O2/c6-2-3(4(10)11)1-5(7,8)9/h1H,2H2,(H,10,11). The number of allylic oxidation sites excluding steroid dienone is 1. The quantitative estimate of drug-likeness (QED) is 0.592. The van der Waals surface area contributed by atoms with E-state index in [0.717, 1.165) is 6.08 Å². The summed E-state index contributed by atoms with van der Waals surface area (Å²) in [6.45, 7) is 0. The summed E-state index contributed by atoms with van der Waals surface area (Å²) in [6, 6.07) is 0.